The first-order chi connectivity index (χ1) is 5.70. The summed E-state index contributed by atoms with van der Waals surface area (Å²) in [5.74, 6) is -1.45. The molecule has 1 aromatic carbocycles. The molecule has 0 fully saturated rings. The van der Waals surface area contributed by atoms with Crippen LogP contribution in [0.15, 0.2) is 30.3 Å². The number of aliphatic carboxylic acids is 1. The maximum atomic E-state index is 11.1. The molecular weight excluding hydrogens is 183 g/mol. The van der Waals surface area contributed by atoms with Gasteiger partial charge in [-0.2, -0.15) is 0 Å². The van der Waals surface area contributed by atoms with E-state index in [1.54, 1.807) is 30.3 Å². The van der Waals surface area contributed by atoms with Gasteiger partial charge in [0.25, 0.3) is 0 Å². The third-order valence-electron chi connectivity index (χ3n) is 1.41. The maximum Gasteiger partial charge on any atom is 0.311 e. The van der Waals surface area contributed by atoms with Crippen LogP contribution in [0.5, 0.6) is 0 Å². The maximum absolute atomic E-state index is 11.1. The Labute approximate surface area is 86.5 Å². The Bertz CT molecular complexity index is 295. The molecule has 0 radical (unpaired) electrons. The highest BCUT2D eigenvalue weighted by molar-refractivity contribution is 6.05. The monoisotopic (exact) mass is 194 g/mol. The lowest BCUT2D eigenvalue weighted by Crippen LogP contribution is -2.06. The molecule has 13 heavy (non-hydrogen) atoms. The van der Waals surface area contributed by atoms with Gasteiger partial charge in [0.05, 0.1) is 0 Å². The Morgan fingerprint density at radius 1 is 1.15 bits per heavy atom. The normalized spacial score (nSPS) is 8.62. The van der Waals surface area contributed by atoms with Gasteiger partial charge < -0.3 is 5.11 Å². The predicted octanol–water partition coefficient (Wildman–Crippen LogP) is 0.160. The molecule has 1 rings (SSSR count). The summed E-state index contributed by atoms with van der Waals surface area (Å²) < 4.78 is 0. The standard InChI is InChI=1S/C9H8O3.Al.3H/c10-8(6-9(11)12)7-4-2-1-3-5-7;;;;/h1-5H,6H2,(H,11,12);;;;. The second-order valence-corrected chi connectivity index (χ2v) is 2.36. The summed E-state index contributed by atoms with van der Waals surface area (Å²) in [6.45, 7) is 0. The van der Waals surface area contributed by atoms with Crippen molar-refractivity contribution < 1.29 is 14.7 Å². The Kier molecular flexibility index (Phi) is 5.05. The molecule has 0 aliphatic heterocycles. The van der Waals surface area contributed by atoms with E-state index < -0.39 is 12.4 Å². The highest BCUT2D eigenvalue weighted by Gasteiger charge is 2.08. The van der Waals surface area contributed by atoms with Gasteiger partial charge in [-0.15, -0.1) is 0 Å². The lowest BCUT2D eigenvalue weighted by atomic mass is 10.1. The number of hydrogen-bond acceptors (Lipinski definition) is 2. The van der Waals surface area contributed by atoms with Crippen molar-refractivity contribution >= 4 is 29.1 Å². The molecule has 3 nitrogen and oxygen atoms in total. The van der Waals surface area contributed by atoms with Crippen molar-refractivity contribution in [2.75, 3.05) is 0 Å². The molecule has 1 aromatic rings. The Hall–Kier alpha value is -1.11. The van der Waals surface area contributed by atoms with Crippen molar-refractivity contribution in [2.24, 2.45) is 0 Å². The second kappa shape index (κ2) is 5.52. The molecule has 0 amide bonds. The van der Waals surface area contributed by atoms with E-state index in [9.17, 15) is 9.59 Å². The van der Waals surface area contributed by atoms with E-state index in [4.69, 9.17) is 5.11 Å². The minimum atomic E-state index is -1.09. The van der Waals surface area contributed by atoms with Crippen LogP contribution in [0, 0.1) is 0 Å². The molecule has 0 aromatic heterocycles. The van der Waals surface area contributed by atoms with Crippen molar-refractivity contribution in [3.05, 3.63) is 35.9 Å². The summed E-state index contributed by atoms with van der Waals surface area (Å²) in [5.41, 5.74) is 0.444. The van der Waals surface area contributed by atoms with E-state index >= 15 is 0 Å². The van der Waals surface area contributed by atoms with Crippen LogP contribution < -0.4 is 0 Å². The zero-order chi connectivity index (χ0) is 8.97. The van der Waals surface area contributed by atoms with Crippen LogP contribution in [0.2, 0.25) is 0 Å². The van der Waals surface area contributed by atoms with Crippen molar-refractivity contribution in [3.63, 3.8) is 0 Å². The first-order valence-corrected chi connectivity index (χ1v) is 3.50. The fourth-order valence-electron chi connectivity index (χ4n) is 0.863. The number of carboxylic acid groups (broad SMARTS) is 1. The minimum Gasteiger partial charge on any atom is -0.481 e. The van der Waals surface area contributed by atoms with E-state index in [0.29, 0.717) is 5.56 Å². The number of ketones is 1. The summed E-state index contributed by atoms with van der Waals surface area (Å²) in [4.78, 5) is 21.2. The van der Waals surface area contributed by atoms with Crippen LogP contribution in [0.1, 0.15) is 16.8 Å². The van der Waals surface area contributed by atoms with E-state index in [-0.39, 0.29) is 23.1 Å². The van der Waals surface area contributed by atoms with Crippen LogP contribution in [-0.4, -0.2) is 34.2 Å². The highest BCUT2D eigenvalue weighted by Crippen LogP contribution is 2.02. The van der Waals surface area contributed by atoms with Gasteiger partial charge in [0.15, 0.2) is 23.1 Å². The van der Waals surface area contributed by atoms with Gasteiger partial charge in [-0.25, -0.2) is 0 Å². The van der Waals surface area contributed by atoms with Gasteiger partial charge in [-0.1, -0.05) is 30.3 Å². The van der Waals surface area contributed by atoms with E-state index in [1.807, 2.05) is 0 Å². The van der Waals surface area contributed by atoms with E-state index in [2.05, 4.69) is 0 Å². The third kappa shape index (κ3) is 3.88. The number of rotatable bonds is 3. The molecule has 68 valence electrons. The fraction of sp³-hybridized carbons (Fsp3) is 0.111. The first kappa shape index (κ1) is 11.9. The molecule has 1 N–H and O–H groups in total. The Morgan fingerprint density at radius 3 is 2.15 bits per heavy atom. The minimum absolute atomic E-state index is 0. The summed E-state index contributed by atoms with van der Waals surface area (Å²) in [7, 11) is 0. The molecule has 4 heteroatoms. The molecule has 0 atom stereocenters. The topological polar surface area (TPSA) is 54.4 Å². The number of carbonyl (C=O) groups excluding carboxylic acids is 1. The van der Waals surface area contributed by atoms with Crippen molar-refractivity contribution in [2.45, 2.75) is 6.42 Å². The third-order valence-corrected chi connectivity index (χ3v) is 1.41. The van der Waals surface area contributed by atoms with Gasteiger partial charge in [0, 0.05) is 5.56 Å². The molecule has 0 saturated heterocycles. The summed E-state index contributed by atoms with van der Waals surface area (Å²) in [6, 6.07) is 8.39. The van der Waals surface area contributed by atoms with E-state index in [1.165, 1.54) is 0 Å². The number of carbonyl (C=O) groups is 2. The predicted molar refractivity (Wildman–Crippen MR) is 53.0 cm³/mol. The van der Waals surface area contributed by atoms with Gasteiger partial charge >= 0.3 is 5.97 Å². The second-order valence-electron chi connectivity index (χ2n) is 2.36. The SMILES string of the molecule is O=C(O)CC(=O)c1ccccc1.[AlH3]. The van der Waals surface area contributed by atoms with Crippen LogP contribution in [0.4, 0.5) is 0 Å². The zero-order valence-electron chi connectivity index (χ0n) is 6.36. The quantitative estimate of drug-likeness (QED) is 0.423. The molecule has 0 aliphatic rings. The van der Waals surface area contributed by atoms with Crippen LogP contribution >= 0.6 is 0 Å². The van der Waals surface area contributed by atoms with Gasteiger partial charge in [0.2, 0.25) is 0 Å². The average molecular weight is 194 g/mol. The largest absolute Gasteiger partial charge is 0.481 e. The molecule has 0 aliphatic carbocycles. The van der Waals surface area contributed by atoms with Crippen molar-refractivity contribution in [3.8, 4) is 0 Å². The molecule has 0 heterocycles. The molecule has 0 bridgehead atoms. The van der Waals surface area contributed by atoms with Gasteiger partial charge in [-0.3, -0.25) is 9.59 Å². The molecule has 0 unspecified atom stereocenters. The first-order valence-electron chi connectivity index (χ1n) is 3.50. The zero-order valence-corrected chi connectivity index (χ0v) is 6.36. The number of benzene rings is 1. The number of carboxylic acids is 1. The van der Waals surface area contributed by atoms with Crippen molar-refractivity contribution in [1.82, 2.24) is 0 Å². The fourth-order valence-corrected chi connectivity index (χ4v) is 0.863. The summed E-state index contributed by atoms with van der Waals surface area (Å²) >= 11 is 0. The summed E-state index contributed by atoms with van der Waals surface area (Å²) in [6.07, 6.45) is -0.440. The molecule has 0 spiro atoms. The lowest BCUT2D eigenvalue weighted by molar-refractivity contribution is -0.135. The number of hydrogen-bond donors (Lipinski definition) is 1. The van der Waals surface area contributed by atoms with Crippen molar-refractivity contribution in [1.29, 1.82) is 0 Å². The summed E-state index contributed by atoms with van der Waals surface area (Å²) in [5, 5.41) is 8.32. The number of Topliss-reactive ketones (excluding diaryl/α,β-unsaturated/α-hetero) is 1. The van der Waals surface area contributed by atoms with Crippen LogP contribution in [0.3, 0.4) is 0 Å². The van der Waals surface area contributed by atoms with E-state index in [0.717, 1.165) is 0 Å². The lowest BCUT2D eigenvalue weighted by Gasteiger charge is -1.95. The Balaban J connectivity index is 0.00000144. The average Bonchev–Trinajstić information content (AvgIpc) is 2.05. The van der Waals surface area contributed by atoms with Crippen LogP contribution in [-0.2, 0) is 4.79 Å². The molecular formula is C9H11AlO3. The van der Waals surface area contributed by atoms with Gasteiger partial charge in [-0.05, 0) is 0 Å². The van der Waals surface area contributed by atoms with Crippen LogP contribution in [0.25, 0.3) is 0 Å². The van der Waals surface area contributed by atoms with Gasteiger partial charge in [0.1, 0.15) is 6.42 Å². The smallest absolute Gasteiger partial charge is 0.311 e. The molecule has 0 saturated carbocycles. The Morgan fingerprint density at radius 2 is 1.69 bits per heavy atom. The highest BCUT2D eigenvalue weighted by atomic mass is 27.0.